The van der Waals surface area contributed by atoms with Crippen molar-refractivity contribution in [2.45, 2.75) is 11.8 Å². The van der Waals surface area contributed by atoms with Crippen molar-refractivity contribution in [3.63, 3.8) is 0 Å². The van der Waals surface area contributed by atoms with E-state index in [1.165, 1.54) is 14.2 Å². The maximum atomic E-state index is 14.0. The summed E-state index contributed by atoms with van der Waals surface area (Å²) in [7, 11) is -1.38. The molecule has 6 nitrogen and oxygen atoms in total. The SMILES string of the molecule is CCN(CCO)S(=O)(=O)c1cc(OC)c(OC)cc1F. The number of rotatable bonds is 7. The predicted molar refractivity (Wildman–Crippen MR) is 71.0 cm³/mol. The second-order valence-electron chi connectivity index (χ2n) is 3.86. The predicted octanol–water partition coefficient (Wildman–Crippen LogP) is 0.846. The van der Waals surface area contributed by atoms with Crippen molar-refractivity contribution in [1.29, 1.82) is 0 Å². The minimum absolute atomic E-state index is 0.105. The summed E-state index contributed by atoms with van der Waals surface area (Å²) in [6.07, 6.45) is 0. The number of hydrogen-bond acceptors (Lipinski definition) is 5. The molecule has 114 valence electrons. The van der Waals surface area contributed by atoms with E-state index in [1.807, 2.05) is 0 Å². The lowest BCUT2D eigenvalue weighted by atomic mass is 10.3. The van der Waals surface area contributed by atoms with E-state index >= 15 is 0 Å². The van der Waals surface area contributed by atoms with Gasteiger partial charge in [0.15, 0.2) is 11.5 Å². The van der Waals surface area contributed by atoms with Gasteiger partial charge in [-0.2, -0.15) is 4.31 Å². The van der Waals surface area contributed by atoms with E-state index in [2.05, 4.69) is 0 Å². The Morgan fingerprint density at radius 1 is 1.25 bits per heavy atom. The highest BCUT2D eigenvalue weighted by atomic mass is 32.2. The van der Waals surface area contributed by atoms with Gasteiger partial charge in [-0.25, -0.2) is 12.8 Å². The summed E-state index contributed by atoms with van der Waals surface area (Å²) in [5.74, 6) is -0.708. The Kier molecular flexibility index (Phi) is 5.73. The molecule has 1 aromatic rings. The minimum Gasteiger partial charge on any atom is -0.493 e. The zero-order valence-electron chi connectivity index (χ0n) is 11.6. The Labute approximate surface area is 117 Å². The first-order chi connectivity index (χ1) is 9.42. The molecule has 0 aliphatic heterocycles. The molecular formula is C12H18FNO5S. The highest BCUT2D eigenvalue weighted by molar-refractivity contribution is 7.89. The van der Waals surface area contributed by atoms with Gasteiger partial charge in [-0.3, -0.25) is 0 Å². The second kappa shape index (κ2) is 6.87. The van der Waals surface area contributed by atoms with E-state index in [4.69, 9.17) is 14.6 Å². The van der Waals surface area contributed by atoms with Crippen LogP contribution in [-0.4, -0.2) is 51.7 Å². The van der Waals surface area contributed by atoms with Gasteiger partial charge in [0, 0.05) is 25.2 Å². The molecule has 0 unspecified atom stereocenters. The van der Waals surface area contributed by atoms with Crippen LogP contribution in [0.2, 0.25) is 0 Å². The molecule has 0 heterocycles. The third kappa shape index (κ3) is 3.20. The lowest BCUT2D eigenvalue weighted by Gasteiger charge is -2.20. The first-order valence-corrected chi connectivity index (χ1v) is 7.38. The highest BCUT2D eigenvalue weighted by Gasteiger charge is 2.28. The highest BCUT2D eigenvalue weighted by Crippen LogP contribution is 2.33. The fourth-order valence-electron chi connectivity index (χ4n) is 1.73. The number of aliphatic hydroxyl groups excluding tert-OH is 1. The first-order valence-electron chi connectivity index (χ1n) is 5.94. The van der Waals surface area contributed by atoms with Crippen molar-refractivity contribution in [1.82, 2.24) is 4.31 Å². The number of likely N-dealkylation sites (N-methyl/N-ethyl adjacent to an activating group) is 1. The van der Waals surface area contributed by atoms with Gasteiger partial charge in [-0.05, 0) is 0 Å². The average molecular weight is 307 g/mol. The topological polar surface area (TPSA) is 76.1 Å². The van der Waals surface area contributed by atoms with Crippen LogP contribution in [0.3, 0.4) is 0 Å². The van der Waals surface area contributed by atoms with Crippen LogP contribution in [0.5, 0.6) is 11.5 Å². The molecule has 0 radical (unpaired) electrons. The normalized spacial score (nSPS) is 11.7. The Morgan fingerprint density at radius 2 is 1.80 bits per heavy atom. The molecule has 0 atom stereocenters. The van der Waals surface area contributed by atoms with Crippen LogP contribution < -0.4 is 9.47 Å². The summed E-state index contributed by atoms with van der Waals surface area (Å²) >= 11 is 0. The molecule has 0 aromatic heterocycles. The fraction of sp³-hybridized carbons (Fsp3) is 0.500. The number of hydrogen-bond donors (Lipinski definition) is 1. The van der Waals surface area contributed by atoms with Crippen molar-refractivity contribution in [2.24, 2.45) is 0 Å². The van der Waals surface area contributed by atoms with Gasteiger partial charge in [0.1, 0.15) is 10.7 Å². The van der Waals surface area contributed by atoms with Crippen molar-refractivity contribution in [3.05, 3.63) is 17.9 Å². The van der Waals surface area contributed by atoms with Gasteiger partial charge in [-0.15, -0.1) is 0 Å². The van der Waals surface area contributed by atoms with E-state index in [-0.39, 0.29) is 31.2 Å². The summed E-state index contributed by atoms with van der Waals surface area (Å²) < 4.78 is 49.5. The van der Waals surface area contributed by atoms with Crippen LogP contribution in [0, 0.1) is 5.82 Å². The lowest BCUT2D eigenvalue weighted by molar-refractivity contribution is 0.256. The molecule has 8 heteroatoms. The molecule has 0 saturated carbocycles. The molecule has 0 bridgehead atoms. The quantitative estimate of drug-likeness (QED) is 0.808. The lowest BCUT2D eigenvalue weighted by Crippen LogP contribution is -2.33. The summed E-state index contributed by atoms with van der Waals surface area (Å²) in [6, 6.07) is 2.03. The fourth-order valence-corrected chi connectivity index (χ4v) is 3.23. The van der Waals surface area contributed by atoms with Crippen molar-refractivity contribution in [3.8, 4) is 11.5 Å². The van der Waals surface area contributed by atoms with Crippen molar-refractivity contribution < 1.29 is 27.4 Å². The van der Waals surface area contributed by atoms with E-state index < -0.39 is 20.7 Å². The average Bonchev–Trinajstić information content (AvgIpc) is 2.43. The number of benzene rings is 1. The summed E-state index contributed by atoms with van der Waals surface area (Å²) in [4.78, 5) is -0.509. The maximum Gasteiger partial charge on any atom is 0.246 e. The van der Waals surface area contributed by atoms with Crippen LogP contribution in [0.4, 0.5) is 4.39 Å². The maximum absolute atomic E-state index is 14.0. The molecule has 0 amide bonds. The van der Waals surface area contributed by atoms with Crippen LogP contribution in [-0.2, 0) is 10.0 Å². The van der Waals surface area contributed by atoms with Crippen LogP contribution >= 0.6 is 0 Å². The molecule has 0 saturated heterocycles. The van der Waals surface area contributed by atoms with Crippen molar-refractivity contribution in [2.75, 3.05) is 33.9 Å². The van der Waals surface area contributed by atoms with E-state index in [1.54, 1.807) is 6.92 Å². The third-order valence-corrected chi connectivity index (χ3v) is 4.75. The molecule has 20 heavy (non-hydrogen) atoms. The summed E-state index contributed by atoms with van der Waals surface area (Å²) in [5, 5.41) is 8.89. The molecule has 1 N–H and O–H groups in total. The van der Waals surface area contributed by atoms with E-state index in [9.17, 15) is 12.8 Å². The Hall–Kier alpha value is -1.38. The van der Waals surface area contributed by atoms with Gasteiger partial charge in [0.25, 0.3) is 0 Å². The monoisotopic (exact) mass is 307 g/mol. The first kappa shape index (κ1) is 16.7. The Balaban J connectivity index is 3.38. The van der Waals surface area contributed by atoms with Crippen molar-refractivity contribution >= 4 is 10.0 Å². The van der Waals surface area contributed by atoms with Gasteiger partial charge in [0.2, 0.25) is 10.0 Å². The number of ether oxygens (including phenoxy) is 2. The number of nitrogens with zero attached hydrogens (tertiary/aromatic N) is 1. The Bertz CT molecular complexity index is 561. The zero-order chi connectivity index (χ0) is 15.3. The van der Waals surface area contributed by atoms with Gasteiger partial charge >= 0.3 is 0 Å². The van der Waals surface area contributed by atoms with Crippen LogP contribution in [0.25, 0.3) is 0 Å². The second-order valence-corrected chi connectivity index (χ2v) is 5.76. The van der Waals surface area contributed by atoms with Crippen LogP contribution in [0.1, 0.15) is 6.92 Å². The standard InChI is InChI=1S/C12H18FNO5S/c1-4-14(5-6-15)20(16,17)12-8-11(19-3)10(18-2)7-9(12)13/h7-8,15H,4-6H2,1-3H3. The zero-order valence-corrected chi connectivity index (χ0v) is 12.4. The van der Waals surface area contributed by atoms with Crippen LogP contribution in [0.15, 0.2) is 17.0 Å². The van der Waals surface area contributed by atoms with Gasteiger partial charge in [-0.1, -0.05) is 6.92 Å². The Morgan fingerprint density at radius 3 is 2.25 bits per heavy atom. The minimum atomic E-state index is -4.04. The molecule has 0 fully saturated rings. The third-order valence-electron chi connectivity index (χ3n) is 2.76. The molecule has 0 aliphatic carbocycles. The van der Waals surface area contributed by atoms with Gasteiger partial charge in [0.05, 0.1) is 20.8 Å². The molecule has 1 rings (SSSR count). The molecular weight excluding hydrogens is 289 g/mol. The smallest absolute Gasteiger partial charge is 0.246 e. The molecule has 0 aliphatic rings. The number of halogens is 1. The number of sulfonamides is 1. The summed E-state index contributed by atoms with van der Waals surface area (Å²) in [5.41, 5.74) is 0. The molecule has 0 spiro atoms. The van der Waals surface area contributed by atoms with E-state index in [0.29, 0.717) is 0 Å². The van der Waals surface area contributed by atoms with Gasteiger partial charge < -0.3 is 14.6 Å². The number of methoxy groups -OCH3 is 2. The van der Waals surface area contributed by atoms with E-state index in [0.717, 1.165) is 16.4 Å². The summed E-state index contributed by atoms with van der Waals surface area (Å²) in [6.45, 7) is 1.27. The molecule has 1 aromatic carbocycles. The number of aliphatic hydroxyl groups is 1. The largest absolute Gasteiger partial charge is 0.493 e.